The summed E-state index contributed by atoms with van der Waals surface area (Å²) in [6.45, 7) is 0.131. The van der Waals surface area contributed by atoms with Crippen molar-refractivity contribution in [3.05, 3.63) is 66.2 Å². The maximum Gasteiger partial charge on any atom is 0.292 e. The summed E-state index contributed by atoms with van der Waals surface area (Å²) in [4.78, 5) is 23.2. The highest BCUT2D eigenvalue weighted by Crippen LogP contribution is 2.17. The van der Waals surface area contributed by atoms with Crippen LogP contribution >= 0.6 is 0 Å². The molecule has 2 amide bonds. The van der Waals surface area contributed by atoms with Gasteiger partial charge >= 0.3 is 0 Å². The van der Waals surface area contributed by atoms with Crippen LogP contribution in [0, 0.1) is 0 Å². The second-order valence-electron chi connectivity index (χ2n) is 5.20. The van der Waals surface area contributed by atoms with Crippen LogP contribution in [-0.2, 0) is 17.9 Å². The van der Waals surface area contributed by atoms with Gasteiger partial charge in [0, 0.05) is 17.8 Å². The summed E-state index contributed by atoms with van der Waals surface area (Å²) in [6, 6.07) is 12.5. The maximum atomic E-state index is 12.3. The molecule has 1 aromatic carbocycles. The number of nitrogens with one attached hydrogen (secondary N) is 1. The number of hydrogen-bond donors (Lipinski definition) is 2. The predicted octanol–water partition coefficient (Wildman–Crippen LogP) is 1.79. The van der Waals surface area contributed by atoms with Gasteiger partial charge in [0.2, 0.25) is 5.91 Å². The molecular weight excluding hydrogens is 324 g/mol. The van der Waals surface area contributed by atoms with Gasteiger partial charge in [0.05, 0.1) is 6.26 Å². The zero-order chi connectivity index (χ0) is 17.6. The molecule has 0 atom stereocenters. The largest absolute Gasteiger partial charge is 0.489 e. The molecule has 3 N–H and O–H groups in total. The lowest BCUT2D eigenvalue weighted by Gasteiger charge is -2.06. The highest BCUT2D eigenvalue weighted by Gasteiger charge is 2.17. The Morgan fingerprint density at radius 2 is 2.00 bits per heavy atom. The van der Waals surface area contributed by atoms with Crippen LogP contribution in [0.3, 0.4) is 0 Å². The van der Waals surface area contributed by atoms with Crippen LogP contribution in [0.5, 0.6) is 5.75 Å². The summed E-state index contributed by atoms with van der Waals surface area (Å²) >= 11 is 0. The fourth-order valence-electron chi connectivity index (χ4n) is 2.18. The van der Waals surface area contributed by atoms with Crippen molar-refractivity contribution in [1.29, 1.82) is 0 Å². The first-order valence-electron chi connectivity index (χ1n) is 7.49. The van der Waals surface area contributed by atoms with Gasteiger partial charge in [0.15, 0.2) is 11.6 Å². The molecule has 8 heteroatoms. The van der Waals surface area contributed by atoms with Crippen molar-refractivity contribution in [2.75, 3.05) is 5.32 Å². The zero-order valence-corrected chi connectivity index (χ0v) is 13.2. The van der Waals surface area contributed by atoms with Gasteiger partial charge in [-0.2, -0.15) is 5.10 Å². The number of aromatic nitrogens is 2. The van der Waals surface area contributed by atoms with Crippen molar-refractivity contribution < 1.29 is 18.7 Å². The topological polar surface area (TPSA) is 112 Å². The van der Waals surface area contributed by atoms with Crippen molar-refractivity contribution in [3.63, 3.8) is 0 Å². The Bertz CT molecular complexity index is 870. The number of anilines is 1. The van der Waals surface area contributed by atoms with Gasteiger partial charge in [-0.1, -0.05) is 18.2 Å². The van der Waals surface area contributed by atoms with Crippen molar-refractivity contribution in [2.45, 2.75) is 13.2 Å². The van der Waals surface area contributed by atoms with Gasteiger partial charge in [-0.05, 0) is 18.2 Å². The molecule has 0 bridgehead atoms. The third-order valence-corrected chi connectivity index (χ3v) is 3.29. The van der Waals surface area contributed by atoms with E-state index in [1.165, 1.54) is 10.9 Å². The van der Waals surface area contributed by atoms with E-state index in [4.69, 9.17) is 14.9 Å². The molecule has 3 aromatic rings. The third-order valence-electron chi connectivity index (χ3n) is 3.29. The zero-order valence-electron chi connectivity index (χ0n) is 13.2. The number of carbonyl (C=O) groups excluding carboxylic acids is 2. The Morgan fingerprint density at radius 1 is 1.20 bits per heavy atom. The molecule has 128 valence electrons. The van der Waals surface area contributed by atoms with Crippen LogP contribution in [0.15, 0.2) is 59.3 Å². The third kappa shape index (κ3) is 4.25. The highest BCUT2D eigenvalue weighted by molar-refractivity contribution is 6.02. The molecule has 0 saturated carbocycles. The SMILES string of the molecule is NC(=O)Cn1ccc(NC(=O)c2occc2COc2ccccc2)n1. The highest BCUT2D eigenvalue weighted by atomic mass is 16.5. The Balaban J connectivity index is 1.64. The Labute approximate surface area is 143 Å². The monoisotopic (exact) mass is 340 g/mol. The summed E-state index contributed by atoms with van der Waals surface area (Å²) < 4.78 is 12.2. The molecule has 0 aliphatic heterocycles. The maximum absolute atomic E-state index is 12.3. The number of ether oxygens (including phenoxy) is 1. The number of para-hydroxylation sites is 1. The number of carbonyl (C=O) groups is 2. The number of hydrogen-bond acceptors (Lipinski definition) is 5. The summed E-state index contributed by atoms with van der Waals surface area (Å²) in [6.07, 6.45) is 2.96. The Kier molecular flexibility index (Phi) is 4.79. The first-order valence-corrected chi connectivity index (χ1v) is 7.49. The van der Waals surface area contributed by atoms with Crippen molar-refractivity contribution in [2.24, 2.45) is 5.73 Å². The molecule has 0 unspecified atom stereocenters. The van der Waals surface area contributed by atoms with Crippen LogP contribution in [0.2, 0.25) is 0 Å². The van der Waals surface area contributed by atoms with Crippen LogP contribution in [0.25, 0.3) is 0 Å². The number of nitrogens with zero attached hydrogens (tertiary/aromatic N) is 2. The number of nitrogens with two attached hydrogens (primary N) is 1. The van der Waals surface area contributed by atoms with Gasteiger partial charge in [-0.3, -0.25) is 14.3 Å². The molecule has 0 fully saturated rings. The normalized spacial score (nSPS) is 10.4. The molecular formula is C17H16N4O4. The lowest BCUT2D eigenvalue weighted by molar-refractivity contribution is -0.118. The van der Waals surface area contributed by atoms with Crippen LogP contribution in [-0.4, -0.2) is 21.6 Å². The number of primary amides is 1. The smallest absolute Gasteiger partial charge is 0.292 e. The van der Waals surface area contributed by atoms with E-state index in [-0.39, 0.29) is 24.7 Å². The van der Waals surface area contributed by atoms with Crippen LogP contribution < -0.4 is 15.8 Å². The minimum absolute atomic E-state index is 0.0627. The predicted molar refractivity (Wildman–Crippen MR) is 88.9 cm³/mol. The molecule has 3 rings (SSSR count). The van der Waals surface area contributed by atoms with E-state index in [0.717, 1.165) is 0 Å². The van der Waals surface area contributed by atoms with E-state index in [0.29, 0.717) is 11.3 Å². The molecule has 2 aromatic heterocycles. The molecule has 0 spiro atoms. The lowest BCUT2D eigenvalue weighted by atomic mass is 10.2. The van der Waals surface area contributed by atoms with E-state index in [9.17, 15) is 9.59 Å². The summed E-state index contributed by atoms with van der Waals surface area (Å²) in [5.74, 6) is 0.145. The van der Waals surface area contributed by atoms with Gasteiger partial charge in [-0.25, -0.2) is 0 Å². The fraction of sp³-hybridized carbons (Fsp3) is 0.118. The van der Waals surface area contributed by atoms with Crippen molar-refractivity contribution in [1.82, 2.24) is 9.78 Å². The Hall–Kier alpha value is -3.55. The van der Waals surface area contributed by atoms with Crippen molar-refractivity contribution in [3.8, 4) is 5.75 Å². The average molecular weight is 340 g/mol. The number of rotatable bonds is 7. The summed E-state index contributed by atoms with van der Waals surface area (Å²) in [7, 11) is 0. The second-order valence-corrected chi connectivity index (χ2v) is 5.20. The van der Waals surface area contributed by atoms with Gasteiger partial charge in [0.25, 0.3) is 5.91 Å². The fourth-order valence-corrected chi connectivity index (χ4v) is 2.18. The molecule has 0 aliphatic rings. The van der Waals surface area contributed by atoms with Gasteiger partial charge in [-0.15, -0.1) is 0 Å². The van der Waals surface area contributed by atoms with E-state index in [1.807, 2.05) is 30.3 Å². The summed E-state index contributed by atoms with van der Waals surface area (Å²) in [5.41, 5.74) is 5.71. The number of furan rings is 1. The molecule has 2 heterocycles. The lowest BCUT2D eigenvalue weighted by Crippen LogP contribution is -2.19. The van der Waals surface area contributed by atoms with E-state index in [1.54, 1.807) is 18.3 Å². The first-order chi connectivity index (χ1) is 12.1. The first kappa shape index (κ1) is 16.3. The average Bonchev–Trinajstić information content (AvgIpc) is 3.22. The summed E-state index contributed by atoms with van der Waals surface area (Å²) in [5, 5.41) is 6.64. The number of benzene rings is 1. The van der Waals surface area contributed by atoms with E-state index < -0.39 is 11.8 Å². The molecule has 0 radical (unpaired) electrons. The van der Waals surface area contributed by atoms with Crippen molar-refractivity contribution >= 4 is 17.6 Å². The van der Waals surface area contributed by atoms with E-state index >= 15 is 0 Å². The standard InChI is InChI=1S/C17H16N4O4/c18-14(22)10-21-8-6-15(20-21)19-17(23)16-12(7-9-24-16)11-25-13-4-2-1-3-5-13/h1-9H,10-11H2,(H2,18,22)(H,19,20,23). The molecule has 25 heavy (non-hydrogen) atoms. The Morgan fingerprint density at radius 3 is 2.76 bits per heavy atom. The quantitative estimate of drug-likeness (QED) is 0.681. The van der Waals surface area contributed by atoms with Crippen LogP contribution in [0.1, 0.15) is 16.1 Å². The molecule has 0 saturated heterocycles. The number of amides is 2. The van der Waals surface area contributed by atoms with Gasteiger partial charge in [0.1, 0.15) is 18.9 Å². The minimum Gasteiger partial charge on any atom is -0.489 e. The van der Waals surface area contributed by atoms with E-state index in [2.05, 4.69) is 10.4 Å². The minimum atomic E-state index is -0.521. The van der Waals surface area contributed by atoms with Crippen LogP contribution in [0.4, 0.5) is 5.82 Å². The molecule has 0 aliphatic carbocycles. The second kappa shape index (κ2) is 7.35. The molecule has 8 nitrogen and oxygen atoms in total. The van der Waals surface area contributed by atoms with Gasteiger partial charge < -0.3 is 20.2 Å².